The van der Waals surface area contributed by atoms with E-state index in [0.29, 0.717) is 0 Å². The van der Waals surface area contributed by atoms with Crippen LogP contribution in [0.1, 0.15) is 0 Å². The van der Waals surface area contributed by atoms with E-state index in [1.54, 1.807) is 0 Å². The van der Waals surface area contributed by atoms with Gasteiger partial charge >= 0.3 is 0 Å². The van der Waals surface area contributed by atoms with Crippen molar-refractivity contribution in [1.29, 1.82) is 0 Å². The van der Waals surface area contributed by atoms with Crippen LogP contribution in [0.5, 0.6) is 11.5 Å². The van der Waals surface area contributed by atoms with Crippen molar-refractivity contribution in [2.45, 2.75) is 0 Å². The van der Waals surface area contributed by atoms with Gasteiger partial charge in [0, 0.05) is 20.8 Å². The van der Waals surface area contributed by atoms with E-state index >= 15 is 0 Å². The molecule has 0 saturated carbocycles. The molecular weight excluding hydrogens is 408 g/mol. The molecule has 0 spiro atoms. The van der Waals surface area contributed by atoms with Crippen LogP contribution in [-0.2, 0) is 20.8 Å². The molecule has 0 saturated heterocycles. The number of ether oxygens (including phenoxy) is 1. The summed E-state index contributed by atoms with van der Waals surface area (Å²) in [5, 5.41) is 0. The first kappa shape index (κ1) is 35.8. The summed E-state index contributed by atoms with van der Waals surface area (Å²) in [6, 6.07) is 19.5. The number of rotatable bonds is 2. The van der Waals surface area contributed by atoms with Gasteiger partial charge in [0.2, 0.25) is 0 Å². The van der Waals surface area contributed by atoms with Crippen LogP contribution in [0.4, 0.5) is 0 Å². The lowest BCUT2D eigenvalue weighted by Gasteiger charge is -2.06. The molecule has 160 valence electrons. The molecule has 0 aliphatic carbocycles. The Bertz CT molecular complexity index is 690. The van der Waals surface area contributed by atoms with Crippen molar-refractivity contribution in [3.63, 3.8) is 0 Å². The second-order valence-corrected chi connectivity index (χ2v) is 5.18. The summed E-state index contributed by atoms with van der Waals surface area (Å²) in [4.78, 5) is 0. The molecule has 15 heteroatoms. The van der Waals surface area contributed by atoms with Crippen molar-refractivity contribution < 1.29 is 39.8 Å². The zero-order chi connectivity index (χ0) is 17.9. The van der Waals surface area contributed by atoms with Crippen molar-refractivity contribution in [1.82, 2.24) is 24.6 Å². The minimum absolute atomic E-state index is 0. The molecule has 0 aromatic heterocycles. The fourth-order valence-corrected chi connectivity index (χ4v) is 1.11. The molecule has 0 aliphatic heterocycles. The average Bonchev–Trinajstić information content (AvgIpc) is 2.37. The molecule has 0 unspecified atom stereocenters. The monoisotopic (exact) mass is 434 g/mol. The summed E-state index contributed by atoms with van der Waals surface area (Å²) in [5.41, 5.74) is 0. The van der Waals surface area contributed by atoms with Crippen molar-refractivity contribution in [3.05, 3.63) is 60.7 Å². The Morgan fingerprint density at radius 3 is 0.889 bits per heavy atom. The first-order valence-electron chi connectivity index (χ1n) is 5.56. The Balaban J connectivity index is -0.0000001000. The van der Waals surface area contributed by atoms with Gasteiger partial charge in [0.1, 0.15) is 11.5 Å². The van der Waals surface area contributed by atoms with Gasteiger partial charge in [-0.25, -0.2) is 0 Å². The molecule has 0 fully saturated rings. The fraction of sp³-hybridized carbons (Fsp3) is 0. The highest BCUT2D eigenvalue weighted by Gasteiger charge is 1.92. The lowest BCUT2D eigenvalue weighted by Crippen LogP contribution is -1.91. The van der Waals surface area contributed by atoms with Gasteiger partial charge in [0.05, 0.1) is 0 Å². The van der Waals surface area contributed by atoms with Crippen LogP contribution in [0.15, 0.2) is 60.7 Å². The minimum atomic E-state index is -5.17. The Hall–Kier alpha value is -2.18. The molecule has 16 N–H and O–H groups in total. The highest BCUT2D eigenvalue weighted by atomic mass is 32.3. The van der Waals surface area contributed by atoms with E-state index in [2.05, 4.69) is 0 Å². The third-order valence-electron chi connectivity index (χ3n) is 1.72. The second kappa shape index (κ2) is 17.2. The van der Waals surface area contributed by atoms with Crippen LogP contribution in [0.2, 0.25) is 0 Å². The maximum absolute atomic E-state index is 8.52. The Kier molecular flexibility index (Phi) is 22.9. The molecule has 0 amide bonds. The summed E-state index contributed by atoms with van der Waals surface area (Å²) in [5.74, 6) is 1.74. The van der Waals surface area contributed by atoms with E-state index in [1.807, 2.05) is 60.7 Å². The smallest absolute Gasteiger partial charge is 0.127 e. The minimum Gasteiger partial charge on any atom is -0.759 e. The Morgan fingerprint density at radius 2 is 0.704 bits per heavy atom. The average molecular weight is 434 g/mol. The van der Waals surface area contributed by atoms with Gasteiger partial charge in [-0.15, -0.1) is 0 Å². The SMILES string of the molecule is O=S(=O)([O-])[O-].O=S(=O)([O-])[O-].[NH4+].[NH4+].[NH4+].[NH4+].c1ccc(Oc2ccccc2)cc1. The first-order chi connectivity index (χ1) is 10.4. The first-order valence-corrected chi connectivity index (χ1v) is 8.23. The van der Waals surface area contributed by atoms with Gasteiger partial charge in [-0.2, -0.15) is 0 Å². The highest BCUT2D eigenvalue weighted by Crippen LogP contribution is 2.19. The molecule has 27 heavy (non-hydrogen) atoms. The van der Waals surface area contributed by atoms with Gasteiger partial charge in [-0.05, 0) is 24.3 Å². The van der Waals surface area contributed by atoms with Crippen LogP contribution >= 0.6 is 0 Å². The van der Waals surface area contributed by atoms with Gasteiger partial charge in [-0.1, -0.05) is 36.4 Å². The van der Waals surface area contributed by atoms with E-state index in [1.165, 1.54) is 0 Å². The third-order valence-corrected chi connectivity index (χ3v) is 1.72. The van der Waals surface area contributed by atoms with E-state index in [9.17, 15) is 0 Å². The predicted molar refractivity (Wildman–Crippen MR) is 97.8 cm³/mol. The van der Waals surface area contributed by atoms with Gasteiger partial charge in [0.15, 0.2) is 0 Å². The number of hydrogen-bond acceptors (Lipinski definition) is 9. The number of hydrogen-bond donors (Lipinski definition) is 4. The largest absolute Gasteiger partial charge is 0.759 e. The summed E-state index contributed by atoms with van der Waals surface area (Å²) in [6.07, 6.45) is 0. The Labute approximate surface area is 157 Å². The molecule has 2 aromatic carbocycles. The van der Waals surface area contributed by atoms with E-state index in [4.69, 9.17) is 39.8 Å². The topological polar surface area (TPSA) is 316 Å². The number of quaternary nitrogens is 4. The molecular formula is C12H26N4O9S2. The molecule has 2 aromatic rings. The summed E-state index contributed by atoms with van der Waals surface area (Å²) >= 11 is 0. The van der Waals surface area contributed by atoms with Gasteiger partial charge < -0.3 is 47.6 Å². The van der Waals surface area contributed by atoms with Crippen LogP contribution in [0, 0.1) is 0 Å². The standard InChI is InChI=1S/C12H10O.4H3N.2H2O4S/c1-3-7-11(8-4-1)13-12-9-5-2-6-10-12;;;;;2*1-5(2,3)4/h1-10H;4*1H3;2*(H2,1,2,3,4). The van der Waals surface area contributed by atoms with E-state index in [-0.39, 0.29) is 24.6 Å². The van der Waals surface area contributed by atoms with Crippen molar-refractivity contribution in [2.24, 2.45) is 0 Å². The number of benzene rings is 2. The lowest BCUT2D eigenvalue weighted by molar-refractivity contribution is 0.350. The van der Waals surface area contributed by atoms with E-state index < -0.39 is 20.8 Å². The maximum atomic E-state index is 8.52. The van der Waals surface area contributed by atoms with Crippen molar-refractivity contribution in [3.8, 4) is 11.5 Å². The summed E-state index contributed by atoms with van der Waals surface area (Å²) in [6.45, 7) is 0. The zero-order valence-corrected chi connectivity index (χ0v) is 16.9. The third kappa shape index (κ3) is 35.7. The summed E-state index contributed by atoms with van der Waals surface area (Å²) < 4.78 is 73.7. The quantitative estimate of drug-likeness (QED) is 0.397. The van der Waals surface area contributed by atoms with Gasteiger partial charge in [-0.3, -0.25) is 16.8 Å². The number of para-hydroxylation sites is 2. The van der Waals surface area contributed by atoms with Crippen LogP contribution in [0.25, 0.3) is 0 Å². The molecule has 0 atom stereocenters. The molecule has 2 rings (SSSR count). The fourth-order valence-electron chi connectivity index (χ4n) is 1.11. The molecule has 13 nitrogen and oxygen atoms in total. The van der Waals surface area contributed by atoms with Crippen LogP contribution in [-0.4, -0.2) is 35.0 Å². The van der Waals surface area contributed by atoms with Crippen molar-refractivity contribution >= 4 is 20.8 Å². The zero-order valence-electron chi connectivity index (χ0n) is 15.3. The summed E-state index contributed by atoms with van der Waals surface area (Å²) in [7, 11) is -10.3. The van der Waals surface area contributed by atoms with Crippen LogP contribution < -0.4 is 29.3 Å². The molecule has 0 radical (unpaired) electrons. The molecule has 0 bridgehead atoms. The van der Waals surface area contributed by atoms with Crippen LogP contribution in [0.3, 0.4) is 0 Å². The maximum Gasteiger partial charge on any atom is 0.127 e. The molecule has 0 aliphatic rings. The predicted octanol–water partition coefficient (Wildman–Crippen LogP) is 2.31. The lowest BCUT2D eigenvalue weighted by atomic mass is 10.3. The Morgan fingerprint density at radius 1 is 0.519 bits per heavy atom. The van der Waals surface area contributed by atoms with E-state index in [0.717, 1.165) is 11.5 Å². The molecule has 0 heterocycles. The van der Waals surface area contributed by atoms with Crippen molar-refractivity contribution in [2.75, 3.05) is 0 Å². The highest BCUT2D eigenvalue weighted by molar-refractivity contribution is 7.79. The second-order valence-electron chi connectivity index (χ2n) is 3.54. The normalized spacial score (nSPS) is 8.89. The van der Waals surface area contributed by atoms with Gasteiger partial charge in [0.25, 0.3) is 0 Å².